The van der Waals surface area contributed by atoms with E-state index < -0.39 is 0 Å². The summed E-state index contributed by atoms with van der Waals surface area (Å²) in [5.74, 6) is 0. The number of nitrogens with one attached hydrogen (secondary N) is 1. The first-order valence-corrected chi connectivity index (χ1v) is 3.41. The van der Waals surface area contributed by atoms with Crippen molar-refractivity contribution in [1.29, 1.82) is 0 Å². The molecule has 48 valence electrons. The zero-order chi connectivity index (χ0) is 6.85. The molecular weight excluding hydrogens is 202 g/mol. The molecule has 0 saturated carbocycles. The predicted octanol–water partition coefficient (Wildman–Crippen LogP) is 0.806. The minimum Gasteiger partial charge on any atom is -0.388 e. The lowest BCUT2D eigenvalue weighted by Crippen LogP contribution is -2.09. The average molecular weight is 206 g/mol. The Morgan fingerprint density at radius 1 is 1.89 bits per heavy atom. The zero-order valence-corrected chi connectivity index (χ0v) is 6.79. The van der Waals surface area contributed by atoms with E-state index in [-0.39, 0.29) is 0 Å². The summed E-state index contributed by atoms with van der Waals surface area (Å²) >= 11 is 7.82. The third-order valence-electron chi connectivity index (χ3n) is 0.799. The minimum absolute atomic E-state index is 0.303. The molecule has 0 atom stereocenters. The van der Waals surface area contributed by atoms with Crippen LogP contribution in [-0.2, 0) is 0 Å². The lowest BCUT2D eigenvalue weighted by molar-refractivity contribution is 1.06. The van der Waals surface area contributed by atoms with Gasteiger partial charge in [-0.2, -0.15) is 5.10 Å². The van der Waals surface area contributed by atoms with E-state index in [1.54, 1.807) is 6.07 Å². The maximum Gasteiger partial charge on any atom is 0.124 e. The predicted molar refractivity (Wildman–Crippen MR) is 42.2 cm³/mol. The van der Waals surface area contributed by atoms with Gasteiger partial charge in [-0.1, -0.05) is 12.2 Å². The third-order valence-corrected chi connectivity index (χ3v) is 1.41. The van der Waals surface area contributed by atoms with Crippen LogP contribution in [0.15, 0.2) is 10.7 Å². The Labute approximate surface area is 65.8 Å². The van der Waals surface area contributed by atoms with Crippen molar-refractivity contribution >= 4 is 33.1 Å². The van der Waals surface area contributed by atoms with Crippen LogP contribution in [0.2, 0.25) is 0 Å². The second kappa shape index (κ2) is 2.45. The molecule has 0 unspecified atom stereocenters. The Bertz CT molecular complexity index is 231. The molecule has 0 aliphatic rings. The van der Waals surface area contributed by atoms with Gasteiger partial charge < -0.3 is 5.73 Å². The summed E-state index contributed by atoms with van der Waals surface area (Å²) < 4.78 is 0.783. The largest absolute Gasteiger partial charge is 0.388 e. The third kappa shape index (κ3) is 1.49. The normalized spacial score (nSPS) is 9.44. The van der Waals surface area contributed by atoms with Gasteiger partial charge in [0.05, 0.1) is 0 Å². The van der Waals surface area contributed by atoms with E-state index >= 15 is 0 Å². The van der Waals surface area contributed by atoms with Crippen LogP contribution in [0.3, 0.4) is 0 Å². The van der Waals surface area contributed by atoms with E-state index in [2.05, 4.69) is 38.3 Å². The molecule has 3 N–H and O–H groups in total. The van der Waals surface area contributed by atoms with Crippen molar-refractivity contribution in [3.05, 3.63) is 16.4 Å². The maximum absolute atomic E-state index is 5.26. The highest BCUT2D eigenvalue weighted by Gasteiger charge is 1.98. The number of hydrogen-bond acceptors (Lipinski definition) is 2. The molecule has 0 fully saturated rings. The summed E-state index contributed by atoms with van der Waals surface area (Å²) in [4.78, 5) is 0.303. The SMILES string of the molecule is NC(=S)c1cc(Br)[nH]n1. The first-order chi connectivity index (χ1) is 4.20. The van der Waals surface area contributed by atoms with Gasteiger partial charge in [0.15, 0.2) is 0 Å². The highest BCUT2D eigenvalue weighted by atomic mass is 79.9. The number of aromatic amines is 1. The van der Waals surface area contributed by atoms with Crippen molar-refractivity contribution in [3.63, 3.8) is 0 Å². The summed E-state index contributed by atoms with van der Waals surface area (Å²) in [6, 6.07) is 1.72. The van der Waals surface area contributed by atoms with Crippen LogP contribution < -0.4 is 5.73 Å². The summed E-state index contributed by atoms with van der Waals surface area (Å²) in [5.41, 5.74) is 5.86. The fraction of sp³-hybridized carbons (Fsp3) is 0. The minimum atomic E-state index is 0.303. The summed E-state index contributed by atoms with van der Waals surface area (Å²) in [7, 11) is 0. The number of nitrogens with two attached hydrogens (primary N) is 1. The van der Waals surface area contributed by atoms with Gasteiger partial charge in [0.2, 0.25) is 0 Å². The first-order valence-electron chi connectivity index (χ1n) is 2.21. The second-order valence-corrected chi connectivity index (χ2v) is 2.76. The van der Waals surface area contributed by atoms with Crippen LogP contribution in [0.25, 0.3) is 0 Å². The Morgan fingerprint density at radius 3 is 2.78 bits per heavy atom. The van der Waals surface area contributed by atoms with Gasteiger partial charge in [-0.25, -0.2) is 0 Å². The van der Waals surface area contributed by atoms with E-state index in [1.807, 2.05) is 0 Å². The van der Waals surface area contributed by atoms with E-state index in [0.29, 0.717) is 10.7 Å². The number of thiocarbonyl (C=S) groups is 1. The first kappa shape index (κ1) is 6.70. The number of nitrogens with zero attached hydrogens (tertiary/aromatic N) is 1. The van der Waals surface area contributed by atoms with E-state index in [1.165, 1.54) is 0 Å². The molecule has 1 aromatic heterocycles. The van der Waals surface area contributed by atoms with Crippen molar-refractivity contribution in [1.82, 2.24) is 10.2 Å². The highest BCUT2D eigenvalue weighted by molar-refractivity contribution is 9.10. The quantitative estimate of drug-likeness (QED) is 0.668. The number of halogens is 1. The second-order valence-electron chi connectivity index (χ2n) is 1.47. The molecule has 0 amide bonds. The van der Waals surface area contributed by atoms with Crippen LogP contribution in [0, 0.1) is 0 Å². The summed E-state index contributed by atoms with van der Waals surface area (Å²) in [5, 5.41) is 6.43. The molecule has 0 aliphatic heterocycles. The molecule has 9 heavy (non-hydrogen) atoms. The molecule has 0 aromatic carbocycles. The summed E-state index contributed by atoms with van der Waals surface area (Å²) in [6.45, 7) is 0. The Hall–Kier alpha value is -0.420. The fourth-order valence-electron chi connectivity index (χ4n) is 0.424. The highest BCUT2D eigenvalue weighted by Crippen LogP contribution is 2.05. The molecule has 1 heterocycles. The lowest BCUT2D eigenvalue weighted by Gasteiger charge is -1.83. The van der Waals surface area contributed by atoms with Crippen LogP contribution in [0.5, 0.6) is 0 Å². The van der Waals surface area contributed by atoms with Crippen molar-refractivity contribution in [2.24, 2.45) is 5.73 Å². The smallest absolute Gasteiger partial charge is 0.124 e. The van der Waals surface area contributed by atoms with Crippen LogP contribution in [0.4, 0.5) is 0 Å². The Balaban J connectivity index is 2.98. The van der Waals surface area contributed by atoms with Crippen molar-refractivity contribution in [3.8, 4) is 0 Å². The van der Waals surface area contributed by atoms with Gasteiger partial charge in [0.1, 0.15) is 15.3 Å². The molecular formula is C4H4BrN3S. The molecule has 5 heteroatoms. The van der Waals surface area contributed by atoms with Gasteiger partial charge in [-0.05, 0) is 15.9 Å². The number of rotatable bonds is 1. The van der Waals surface area contributed by atoms with Crippen molar-refractivity contribution in [2.75, 3.05) is 0 Å². The van der Waals surface area contributed by atoms with E-state index in [9.17, 15) is 0 Å². The zero-order valence-electron chi connectivity index (χ0n) is 4.39. The molecule has 0 radical (unpaired) electrons. The monoisotopic (exact) mass is 205 g/mol. The van der Waals surface area contributed by atoms with Gasteiger partial charge in [0.25, 0.3) is 0 Å². The number of H-pyrrole nitrogens is 1. The standard InChI is InChI=1S/C4H4BrN3S/c5-3-1-2(4(6)9)7-8-3/h1H,(H2,6,9)(H,7,8). The fourth-order valence-corrected chi connectivity index (χ4v) is 0.835. The lowest BCUT2D eigenvalue weighted by atomic mass is 10.4. The molecule has 0 aliphatic carbocycles. The van der Waals surface area contributed by atoms with Crippen molar-refractivity contribution < 1.29 is 0 Å². The average Bonchev–Trinajstić information content (AvgIpc) is 2.14. The van der Waals surface area contributed by atoms with Gasteiger partial charge >= 0.3 is 0 Å². The van der Waals surface area contributed by atoms with Crippen LogP contribution in [0.1, 0.15) is 5.69 Å². The van der Waals surface area contributed by atoms with Gasteiger partial charge in [-0.15, -0.1) is 0 Å². The van der Waals surface area contributed by atoms with E-state index in [0.717, 1.165) is 4.60 Å². The molecule has 0 saturated heterocycles. The van der Waals surface area contributed by atoms with Crippen molar-refractivity contribution in [2.45, 2.75) is 0 Å². The maximum atomic E-state index is 5.26. The topological polar surface area (TPSA) is 54.7 Å². The van der Waals surface area contributed by atoms with Crippen LogP contribution >= 0.6 is 28.1 Å². The van der Waals surface area contributed by atoms with Gasteiger partial charge in [-0.3, -0.25) is 5.10 Å². The van der Waals surface area contributed by atoms with Gasteiger partial charge in [0, 0.05) is 6.07 Å². The Kier molecular flexibility index (Phi) is 1.82. The summed E-state index contributed by atoms with van der Waals surface area (Å²) in [6.07, 6.45) is 0. The molecule has 3 nitrogen and oxygen atoms in total. The number of aromatic nitrogens is 2. The number of hydrogen-bond donors (Lipinski definition) is 2. The molecule has 0 spiro atoms. The molecule has 0 bridgehead atoms. The Morgan fingerprint density at radius 2 is 2.56 bits per heavy atom. The molecule has 1 aromatic rings. The molecule has 1 rings (SSSR count). The van der Waals surface area contributed by atoms with E-state index in [4.69, 9.17) is 5.73 Å². The van der Waals surface area contributed by atoms with Crippen LogP contribution in [-0.4, -0.2) is 15.2 Å².